The van der Waals surface area contributed by atoms with Crippen molar-refractivity contribution in [2.24, 2.45) is 0 Å². The number of nitrogens with zero attached hydrogens (tertiary/aromatic N) is 1. The molecule has 0 amide bonds. The predicted molar refractivity (Wildman–Crippen MR) is 75.1 cm³/mol. The van der Waals surface area contributed by atoms with E-state index in [1.165, 1.54) is 0 Å². The van der Waals surface area contributed by atoms with Crippen LogP contribution in [0.5, 0.6) is 0 Å². The molecule has 1 unspecified atom stereocenters. The number of nitrogens with two attached hydrogens (primary N) is 1. The van der Waals surface area contributed by atoms with Crippen LogP contribution in [0.4, 0.5) is 23.2 Å². The molecule has 0 spiro atoms. The highest BCUT2D eigenvalue weighted by molar-refractivity contribution is 7.27. The van der Waals surface area contributed by atoms with Gasteiger partial charge in [0.2, 0.25) is 0 Å². The standard InChI is InChI=1S/C13H8F4N3P/c14-7-8(15)10(17)12-11(9(7)16)19-13(20-12)5-2-1-4(21)3-6(5)18/h1-3H,18,21H2,(H,19,20). The molecule has 0 bridgehead atoms. The Morgan fingerprint density at radius 2 is 1.67 bits per heavy atom. The molecule has 0 saturated heterocycles. The average Bonchev–Trinajstić information content (AvgIpc) is 2.88. The number of nitrogens with one attached hydrogen (secondary N) is 1. The van der Waals surface area contributed by atoms with Crippen LogP contribution in [0.3, 0.4) is 0 Å². The summed E-state index contributed by atoms with van der Waals surface area (Å²) in [6.45, 7) is 0. The minimum Gasteiger partial charge on any atom is -0.398 e. The van der Waals surface area contributed by atoms with E-state index in [4.69, 9.17) is 5.73 Å². The van der Waals surface area contributed by atoms with Crippen molar-refractivity contribution in [1.82, 2.24) is 9.97 Å². The van der Waals surface area contributed by atoms with Crippen LogP contribution < -0.4 is 11.0 Å². The van der Waals surface area contributed by atoms with Gasteiger partial charge in [0, 0.05) is 11.3 Å². The average molecular weight is 313 g/mol. The first kappa shape index (κ1) is 13.8. The highest BCUT2D eigenvalue weighted by Crippen LogP contribution is 2.30. The zero-order chi connectivity index (χ0) is 15.3. The van der Waals surface area contributed by atoms with Gasteiger partial charge in [0.25, 0.3) is 0 Å². The number of fused-ring (bicyclic) bond motifs is 1. The van der Waals surface area contributed by atoms with Crippen LogP contribution in [0.25, 0.3) is 22.4 Å². The number of aromatic nitrogens is 2. The molecule has 1 aromatic heterocycles. The molecule has 3 rings (SSSR count). The maximum atomic E-state index is 13.6. The summed E-state index contributed by atoms with van der Waals surface area (Å²) in [5, 5.41) is 0.807. The fraction of sp³-hybridized carbons (Fsp3) is 0. The number of H-pyrrole nitrogens is 1. The van der Waals surface area contributed by atoms with E-state index in [-0.39, 0.29) is 5.82 Å². The largest absolute Gasteiger partial charge is 0.398 e. The van der Waals surface area contributed by atoms with Crippen LogP contribution in [0.2, 0.25) is 0 Å². The smallest absolute Gasteiger partial charge is 0.199 e. The fourth-order valence-electron chi connectivity index (χ4n) is 2.02. The molecule has 0 aliphatic carbocycles. The van der Waals surface area contributed by atoms with Crippen LogP contribution in [0.1, 0.15) is 0 Å². The summed E-state index contributed by atoms with van der Waals surface area (Å²) in [5.74, 6) is -6.83. The van der Waals surface area contributed by atoms with Crippen LogP contribution in [-0.2, 0) is 0 Å². The third-order valence-electron chi connectivity index (χ3n) is 3.04. The number of anilines is 1. The first-order valence-electron chi connectivity index (χ1n) is 5.77. The van der Waals surface area contributed by atoms with Gasteiger partial charge in [-0.3, -0.25) is 0 Å². The van der Waals surface area contributed by atoms with E-state index < -0.39 is 34.3 Å². The fourth-order valence-corrected chi connectivity index (χ4v) is 2.30. The molecular weight excluding hydrogens is 305 g/mol. The second kappa shape index (κ2) is 4.70. The molecule has 2 aromatic carbocycles. The number of hydrogen-bond donors (Lipinski definition) is 2. The van der Waals surface area contributed by atoms with Gasteiger partial charge in [-0.2, -0.15) is 0 Å². The molecule has 108 valence electrons. The lowest BCUT2D eigenvalue weighted by molar-refractivity contribution is 0.417. The normalized spacial score (nSPS) is 11.3. The van der Waals surface area contributed by atoms with E-state index in [1.807, 2.05) is 0 Å². The van der Waals surface area contributed by atoms with Gasteiger partial charge in [-0.15, -0.1) is 9.24 Å². The molecule has 21 heavy (non-hydrogen) atoms. The third kappa shape index (κ3) is 2.05. The molecule has 1 heterocycles. The first-order valence-corrected chi connectivity index (χ1v) is 6.35. The third-order valence-corrected chi connectivity index (χ3v) is 3.40. The number of aromatic amines is 1. The highest BCUT2D eigenvalue weighted by atomic mass is 31.0. The Bertz CT molecular complexity index is 831. The van der Waals surface area contributed by atoms with Crippen molar-refractivity contribution >= 4 is 31.3 Å². The van der Waals surface area contributed by atoms with Gasteiger partial charge in [0.05, 0.1) is 0 Å². The van der Waals surface area contributed by atoms with Gasteiger partial charge in [0.1, 0.15) is 16.9 Å². The molecule has 0 radical (unpaired) electrons. The Labute approximate surface area is 118 Å². The Morgan fingerprint density at radius 1 is 1.00 bits per heavy atom. The maximum Gasteiger partial charge on any atom is 0.199 e. The molecule has 3 N–H and O–H groups in total. The molecule has 8 heteroatoms. The minimum absolute atomic E-state index is 0.0234. The van der Waals surface area contributed by atoms with Crippen LogP contribution in [0.15, 0.2) is 18.2 Å². The lowest BCUT2D eigenvalue weighted by atomic mass is 10.2. The predicted octanol–water partition coefficient (Wildman–Crippen LogP) is 2.87. The SMILES string of the molecule is Nc1cc(P)ccc1-c1nc2c(F)c(F)c(F)c(F)c2[nH]1. The van der Waals surface area contributed by atoms with Crippen LogP contribution in [-0.4, -0.2) is 9.97 Å². The number of halogens is 4. The van der Waals surface area contributed by atoms with Gasteiger partial charge < -0.3 is 10.7 Å². The van der Waals surface area contributed by atoms with Gasteiger partial charge in [-0.25, -0.2) is 22.5 Å². The summed E-state index contributed by atoms with van der Waals surface area (Å²) in [5.41, 5.74) is 5.32. The van der Waals surface area contributed by atoms with Gasteiger partial charge in [-0.05, 0) is 17.4 Å². The van der Waals surface area contributed by atoms with Crippen molar-refractivity contribution in [3.8, 4) is 11.4 Å². The van der Waals surface area contributed by atoms with E-state index in [2.05, 4.69) is 19.2 Å². The molecule has 0 saturated carbocycles. The van der Waals surface area contributed by atoms with Crippen molar-refractivity contribution in [2.45, 2.75) is 0 Å². The van der Waals surface area contributed by atoms with Gasteiger partial charge in [0.15, 0.2) is 23.3 Å². The molecule has 1 atom stereocenters. The van der Waals surface area contributed by atoms with Crippen molar-refractivity contribution in [3.05, 3.63) is 41.5 Å². The van der Waals surface area contributed by atoms with Crippen LogP contribution >= 0.6 is 9.24 Å². The summed E-state index contributed by atoms with van der Waals surface area (Å²) in [4.78, 5) is 6.20. The Balaban J connectivity index is 2.31. The van der Waals surface area contributed by atoms with Crippen molar-refractivity contribution in [1.29, 1.82) is 0 Å². The van der Waals surface area contributed by atoms with Crippen molar-refractivity contribution < 1.29 is 17.6 Å². The van der Waals surface area contributed by atoms with Gasteiger partial charge >= 0.3 is 0 Å². The molecule has 0 aliphatic rings. The summed E-state index contributed by atoms with van der Waals surface area (Å²) in [6.07, 6.45) is 0. The lowest BCUT2D eigenvalue weighted by Crippen LogP contribution is -1.97. The quantitative estimate of drug-likeness (QED) is 0.239. The van der Waals surface area contributed by atoms with Crippen molar-refractivity contribution in [3.63, 3.8) is 0 Å². The van der Waals surface area contributed by atoms with E-state index in [9.17, 15) is 17.6 Å². The van der Waals surface area contributed by atoms with E-state index >= 15 is 0 Å². The molecule has 0 aliphatic heterocycles. The molecule has 3 nitrogen and oxygen atoms in total. The van der Waals surface area contributed by atoms with E-state index in [1.54, 1.807) is 18.2 Å². The number of imidazole rings is 1. The summed E-state index contributed by atoms with van der Waals surface area (Å²) in [6, 6.07) is 4.89. The molecule has 0 fully saturated rings. The van der Waals surface area contributed by atoms with Crippen LogP contribution in [0, 0.1) is 23.3 Å². The first-order chi connectivity index (χ1) is 9.90. The van der Waals surface area contributed by atoms with Crippen molar-refractivity contribution in [2.75, 3.05) is 5.73 Å². The van der Waals surface area contributed by atoms with Gasteiger partial charge in [-0.1, -0.05) is 6.07 Å². The molecular formula is C13H8F4N3P. The van der Waals surface area contributed by atoms with E-state index in [0.29, 0.717) is 11.3 Å². The zero-order valence-electron chi connectivity index (χ0n) is 10.3. The Hall–Kier alpha value is -2.14. The second-order valence-corrected chi connectivity index (χ2v) is 5.08. The Kier molecular flexibility index (Phi) is 3.10. The monoisotopic (exact) mass is 313 g/mol. The van der Waals surface area contributed by atoms with E-state index in [0.717, 1.165) is 5.30 Å². The summed E-state index contributed by atoms with van der Waals surface area (Å²) in [7, 11) is 2.44. The Morgan fingerprint density at radius 3 is 2.33 bits per heavy atom. The number of nitrogen functional groups attached to an aromatic ring is 1. The lowest BCUT2D eigenvalue weighted by Gasteiger charge is -2.02. The highest BCUT2D eigenvalue weighted by Gasteiger charge is 2.24. The summed E-state index contributed by atoms with van der Waals surface area (Å²) >= 11 is 0. The molecule has 3 aromatic rings. The minimum atomic E-state index is -1.90. The second-order valence-electron chi connectivity index (χ2n) is 4.41. The topological polar surface area (TPSA) is 54.7 Å². The zero-order valence-corrected chi connectivity index (χ0v) is 11.5. The number of hydrogen-bond acceptors (Lipinski definition) is 2. The summed E-state index contributed by atoms with van der Waals surface area (Å²) < 4.78 is 53.7. The number of benzene rings is 2. The number of rotatable bonds is 1. The maximum absolute atomic E-state index is 13.6.